The second-order valence-corrected chi connectivity index (χ2v) is 5.38. The molecule has 0 bridgehead atoms. The van der Waals surface area contributed by atoms with Gasteiger partial charge in [0, 0.05) is 16.5 Å². The molecule has 1 aliphatic carbocycles. The highest BCUT2D eigenvalue weighted by molar-refractivity contribution is 6.03. The Hall–Kier alpha value is -1.57. The molecule has 18 heavy (non-hydrogen) atoms. The first-order chi connectivity index (χ1) is 8.51. The van der Waals surface area contributed by atoms with Crippen molar-refractivity contribution in [1.29, 1.82) is 0 Å². The molecule has 0 aromatic heterocycles. The maximum absolute atomic E-state index is 12.6. The van der Waals surface area contributed by atoms with Gasteiger partial charge in [0.05, 0.1) is 7.11 Å². The van der Waals surface area contributed by atoms with Crippen molar-refractivity contribution in [3.05, 3.63) is 41.5 Å². The van der Waals surface area contributed by atoms with Crippen molar-refractivity contribution in [3.8, 4) is 5.75 Å². The summed E-state index contributed by atoms with van der Waals surface area (Å²) < 4.78 is 5.40. The van der Waals surface area contributed by atoms with Crippen molar-refractivity contribution >= 4 is 5.78 Å². The van der Waals surface area contributed by atoms with Gasteiger partial charge in [0.25, 0.3) is 0 Å². The van der Waals surface area contributed by atoms with E-state index in [0.29, 0.717) is 0 Å². The number of benzene rings is 1. The zero-order valence-electron chi connectivity index (χ0n) is 11.4. The lowest BCUT2D eigenvalue weighted by atomic mass is 9.69. The zero-order chi connectivity index (χ0) is 13.3. The summed E-state index contributed by atoms with van der Waals surface area (Å²) in [5, 5.41) is 0. The summed E-state index contributed by atoms with van der Waals surface area (Å²) in [6.07, 6.45) is 4.34. The quantitative estimate of drug-likeness (QED) is 0.757. The van der Waals surface area contributed by atoms with Gasteiger partial charge in [-0.15, -0.1) is 6.58 Å². The molecule has 2 rings (SSSR count). The van der Waals surface area contributed by atoms with Gasteiger partial charge in [-0.2, -0.15) is 0 Å². The molecule has 0 radical (unpaired) electrons. The summed E-state index contributed by atoms with van der Waals surface area (Å²) >= 11 is 0. The fourth-order valence-electron chi connectivity index (χ4n) is 2.78. The largest absolute Gasteiger partial charge is 0.496 e. The zero-order valence-corrected chi connectivity index (χ0v) is 11.4. The lowest BCUT2D eigenvalue weighted by Crippen LogP contribution is -2.33. The number of methoxy groups -OCH3 is 1. The van der Waals surface area contributed by atoms with Crippen LogP contribution in [0.3, 0.4) is 0 Å². The number of carbonyl (C=O) groups excluding carboxylic acids is 1. The van der Waals surface area contributed by atoms with Crippen LogP contribution in [-0.4, -0.2) is 12.9 Å². The van der Waals surface area contributed by atoms with Gasteiger partial charge < -0.3 is 4.74 Å². The topological polar surface area (TPSA) is 26.3 Å². The van der Waals surface area contributed by atoms with Gasteiger partial charge in [0.15, 0.2) is 5.78 Å². The summed E-state index contributed by atoms with van der Waals surface area (Å²) in [5.41, 5.74) is 2.67. The molecule has 2 nitrogen and oxygen atoms in total. The van der Waals surface area contributed by atoms with Crippen LogP contribution in [0.2, 0.25) is 0 Å². The summed E-state index contributed by atoms with van der Waals surface area (Å²) in [4.78, 5) is 12.6. The molecule has 1 atom stereocenters. The molecule has 0 saturated carbocycles. The smallest absolute Gasteiger partial charge is 0.169 e. The fourth-order valence-corrected chi connectivity index (χ4v) is 2.78. The normalized spacial score (nSPS) is 22.5. The third kappa shape index (κ3) is 1.96. The van der Waals surface area contributed by atoms with Crippen LogP contribution in [0.1, 0.15) is 41.3 Å². The maximum atomic E-state index is 12.6. The Bertz CT molecular complexity index is 502. The second kappa shape index (κ2) is 4.60. The lowest BCUT2D eigenvalue weighted by molar-refractivity contribution is 0.0787. The Morgan fingerprint density at radius 2 is 2.22 bits per heavy atom. The molecule has 1 aliphatic rings. The number of ether oxygens (including phenoxy) is 1. The number of aryl methyl sites for hydroxylation is 1. The molecule has 0 fully saturated rings. The first-order valence-corrected chi connectivity index (χ1v) is 6.35. The highest BCUT2D eigenvalue weighted by Gasteiger charge is 2.38. The molecular formula is C16H20O2. The van der Waals surface area contributed by atoms with Gasteiger partial charge in [-0.3, -0.25) is 4.79 Å². The first-order valence-electron chi connectivity index (χ1n) is 6.35. The first kappa shape index (κ1) is 12.9. The van der Waals surface area contributed by atoms with E-state index in [1.54, 1.807) is 7.11 Å². The van der Waals surface area contributed by atoms with Gasteiger partial charge in [-0.1, -0.05) is 13.0 Å². The molecule has 0 amide bonds. The van der Waals surface area contributed by atoms with Crippen LogP contribution in [0.4, 0.5) is 0 Å². The summed E-state index contributed by atoms with van der Waals surface area (Å²) in [6, 6.07) is 3.99. The molecule has 0 heterocycles. The molecule has 0 spiro atoms. The Morgan fingerprint density at radius 3 is 2.83 bits per heavy atom. The minimum Gasteiger partial charge on any atom is -0.496 e. The van der Waals surface area contributed by atoms with E-state index in [2.05, 4.69) is 6.58 Å². The summed E-state index contributed by atoms with van der Waals surface area (Å²) in [7, 11) is 1.66. The predicted molar refractivity (Wildman–Crippen MR) is 73.3 cm³/mol. The van der Waals surface area contributed by atoms with E-state index >= 15 is 0 Å². The maximum Gasteiger partial charge on any atom is 0.169 e. The van der Waals surface area contributed by atoms with E-state index < -0.39 is 0 Å². The van der Waals surface area contributed by atoms with Crippen molar-refractivity contribution in [1.82, 2.24) is 0 Å². The average molecular weight is 244 g/mol. The minimum atomic E-state index is -0.298. The molecule has 96 valence electrons. The van der Waals surface area contributed by atoms with E-state index in [1.807, 2.05) is 32.1 Å². The Labute approximate surface area is 109 Å². The van der Waals surface area contributed by atoms with Crippen LogP contribution in [-0.2, 0) is 6.42 Å². The number of hydrogen-bond donors (Lipinski definition) is 0. The van der Waals surface area contributed by atoms with Crippen LogP contribution < -0.4 is 4.74 Å². The van der Waals surface area contributed by atoms with Crippen molar-refractivity contribution in [3.63, 3.8) is 0 Å². The van der Waals surface area contributed by atoms with Crippen LogP contribution in [0.15, 0.2) is 24.8 Å². The summed E-state index contributed by atoms with van der Waals surface area (Å²) in [5.74, 6) is 1.07. The van der Waals surface area contributed by atoms with Crippen LogP contribution in [0.25, 0.3) is 0 Å². The van der Waals surface area contributed by atoms with Crippen molar-refractivity contribution in [2.45, 2.75) is 33.1 Å². The van der Waals surface area contributed by atoms with Crippen LogP contribution >= 0.6 is 0 Å². The predicted octanol–water partition coefficient (Wildman–Crippen LogP) is 3.71. The Kier molecular flexibility index (Phi) is 3.29. The van der Waals surface area contributed by atoms with Gasteiger partial charge >= 0.3 is 0 Å². The van der Waals surface area contributed by atoms with Crippen molar-refractivity contribution in [2.24, 2.45) is 5.41 Å². The van der Waals surface area contributed by atoms with Crippen molar-refractivity contribution in [2.75, 3.05) is 7.11 Å². The number of Topliss-reactive ketones (excluding diaryl/α,β-unsaturated/α-hetero) is 1. The number of ketones is 1. The Balaban J connectivity index is 2.53. The number of carbonyl (C=O) groups is 1. The molecule has 0 aliphatic heterocycles. The molecule has 1 aromatic carbocycles. The standard InChI is InChI=1S/C16H20O2/c1-5-7-16(3)8-6-12-13(15(16)17)9-11(2)10-14(12)18-4/h5,9-10H,1,6-8H2,2-4H3/t16-/m1/s1. The third-order valence-corrected chi connectivity index (χ3v) is 3.89. The van der Waals surface area contributed by atoms with Crippen LogP contribution in [0.5, 0.6) is 5.75 Å². The summed E-state index contributed by atoms with van der Waals surface area (Å²) in [6.45, 7) is 7.80. The van der Waals surface area contributed by atoms with Gasteiger partial charge in [-0.25, -0.2) is 0 Å². The van der Waals surface area contributed by atoms with Gasteiger partial charge in [0.2, 0.25) is 0 Å². The average Bonchev–Trinajstić information content (AvgIpc) is 2.34. The van der Waals surface area contributed by atoms with E-state index in [9.17, 15) is 4.79 Å². The molecule has 2 heteroatoms. The SMILES string of the molecule is C=CC[C@]1(C)CCc2c(OC)cc(C)cc2C1=O. The van der Waals surface area contributed by atoms with Crippen molar-refractivity contribution < 1.29 is 9.53 Å². The van der Waals surface area contributed by atoms with Crippen LogP contribution in [0, 0.1) is 12.3 Å². The minimum absolute atomic E-state index is 0.227. The number of rotatable bonds is 3. The fraction of sp³-hybridized carbons (Fsp3) is 0.438. The van der Waals surface area contributed by atoms with Gasteiger partial charge in [0.1, 0.15) is 5.75 Å². The van der Waals surface area contributed by atoms with E-state index in [-0.39, 0.29) is 11.2 Å². The molecular weight excluding hydrogens is 224 g/mol. The highest BCUT2D eigenvalue weighted by Crippen LogP contribution is 2.41. The van der Waals surface area contributed by atoms with E-state index in [0.717, 1.165) is 41.7 Å². The Morgan fingerprint density at radius 1 is 1.50 bits per heavy atom. The second-order valence-electron chi connectivity index (χ2n) is 5.38. The molecule has 0 N–H and O–H groups in total. The highest BCUT2D eigenvalue weighted by atomic mass is 16.5. The number of hydrogen-bond acceptors (Lipinski definition) is 2. The molecule has 0 saturated heterocycles. The third-order valence-electron chi connectivity index (χ3n) is 3.89. The van der Waals surface area contributed by atoms with Gasteiger partial charge in [-0.05, 0) is 43.9 Å². The lowest BCUT2D eigenvalue weighted by Gasteiger charge is -2.33. The number of fused-ring (bicyclic) bond motifs is 1. The molecule has 0 unspecified atom stereocenters. The number of allylic oxidation sites excluding steroid dienone is 1. The van der Waals surface area contributed by atoms with E-state index in [1.165, 1.54) is 0 Å². The molecule has 1 aromatic rings. The monoisotopic (exact) mass is 244 g/mol. The van der Waals surface area contributed by atoms with E-state index in [4.69, 9.17) is 4.74 Å².